The van der Waals surface area contributed by atoms with Gasteiger partial charge in [-0.25, -0.2) is 9.98 Å². The molecule has 0 unspecified atom stereocenters. The molecule has 0 saturated heterocycles. The van der Waals surface area contributed by atoms with E-state index in [4.69, 9.17) is 5.73 Å². The fraction of sp³-hybridized carbons (Fsp3) is 0.333. The summed E-state index contributed by atoms with van der Waals surface area (Å²) in [6.45, 7) is 4.60. The summed E-state index contributed by atoms with van der Waals surface area (Å²) in [6, 6.07) is 6.21. The van der Waals surface area contributed by atoms with Crippen molar-refractivity contribution in [3.8, 4) is 0 Å². The van der Waals surface area contributed by atoms with Gasteiger partial charge < -0.3 is 16.0 Å². The summed E-state index contributed by atoms with van der Waals surface area (Å²) < 4.78 is 0. The highest BCUT2D eigenvalue weighted by molar-refractivity contribution is 14.0. The van der Waals surface area contributed by atoms with Gasteiger partial charge in [0.15, 0.2) is 11.1 Å². The predicted molar refractivity (Wildman–Crippen MR) is 107 cm³/mol. The van der Waals surface area contributed by atoms with Gasteiger partial charge in [-0.1, -0.05) is 6.07 Å². The van der Waals surface area contributed by atoms with Crippen molar-refractivity contribution >= 4 is 52.1 Å². The molecule has 2 aromatic rings. The Kier molecular flexibility index (Phi) is 7.08. The third-order valence-electron chi connectivity index (χ3n) is 2.83. The van der Waals surface area contributed by atoms with Gasteiger partial charge in [-0.2, -0.15) is 0 Å². The molecule has 0 bridgehead atoms. The van der Waals surface area contributed by atoms with Crippen molar-refractivity contribution in [3.63, 3.8) is 0 Å². The molecule has 0 aliphatic heterocycles. The number of nitrogens with two attached hydrogens (primary N) is 1. The molecule has 0 aliphatic rings. The zero-order valence-electron chi connectivity index (χ0n) is 13.3. The number of hydrogen-bond acceptors (Lipinski definition) is 4. The van der Waals surface area contributed by atoms with Crippen LogP contribution in [0.25, 0.3) is 0 Å². The Hall–Kier alpha value is -1.35. The van der Waals surface area contributed by atoms with Crippen molar-refractivity contribution in [3.05, 3.63) is 40.4 Å². The molecule has 0 atom stereocenters. The summed E-state index contributed by atoms with van der Waals surface area (Å²) in [5.74, 6) is 0.402. The first kappa shape index (κ1) is 18.7. The van der Waals surface area contributed by atoms with E-state index in [9.17, 15) is 0 Å². The van der Waals surface area contributed by atoms with Gasteiger partial charge in [0.1, 0.15) is 0 Å². The SMILES string of the molecule is Cc1cc(C)cc(NC(N)=NCc2csc(N(C)C)n2)c1.I. The first-order valence-electron chi connectivity index (χ1n) is 6.71. The van der Waals surface area contributed by atoms with Crippen LogP contribution in [0.5, 0.6) is 0 Å². The zero-order chi connectivity index (χ0) is 15.4. The number of aliphatic imine (C=N–C) groups is 1. The number of rotatable bonds is 4. The van der Waals surface area contributed by atoms with E-state index in [1.54, 1.807) is 11.3 Å². The fourth-order valence-electron chi connectivity index (χ4n) is 1.97. The summed E-state index contributed by atoms with van der Waals surface area (Å²) >= 11 is 1.60. The van der Waals surface area contributed by atoms with E-state index in [0.717, 1.165) is 16.5 Å². The molecule has 0 amide bonds. The number of benzene rings is 1. The first-order chi connectivity index (χ1) is 9.94. The minimum atomic E-state index is 0. The molecule has 0 fully saturated rings. The van der Waals surface area contributed by atoms with E-state index in [1.165, 1.54) is 11.1 Å². The summed E-state index contributed by atoms with van der Waals surface area (Å²) in [4.78, 5) is 10.8. The molecular formula is C15H22IN5S. The van der Waals surface area contributed by atoms with Gasteiger partial charge >= 0.3 is 0 Å². The highest BCUT2D eigenvalue weighted by Gasteiger charge is 2.03. The normalized spacial score (nSPS) is 11.0. The maximum absolute atomic E-state index is 5.92. The number of guanidine groups is 1. The molecule has 1 aromatic carbocycles. The standard InChI is InChI=1S/C15H21N5S.HI/c1-10-5-11(2)7-12(6-10)18-14(16)17-8-13-9-21-15(19-13)20(3)4;/h5-7,9H,8H2,1-4H3,(H3,16,17,18);1H. The molecule has 0 radical (unpaired) electrons. The summed E-state index contributed by atoms with van der Waals surface area (Å²) in [7, 11) is 3.95. The van der Waals surface area contributed by atoms with Crippen LogP contribution < -0.4 is 16.0 Å². The van der Waals surface area contributed by atoms with Crippen LogP contribution in [-0.4, -0.2) is 25.0 Å². The van der Waals surface area contributed by atoms with E-state index in [-0.39, 0.29) is 24.0 Å². The third kappa shape index (κ3) is 5.45. The van der Waals surface area contributed by atoms with Gasteiger partial charge in [0.2, 0.25) is 0 Å². The molecule has 5 nitrogen and oxygen atoms in total. The molecule has 0 spiro atoms. The van der Waals surface area contributed by atoms with E-state index in [0.29, 0.717) is 12.5 Å². The lowest BCUT2D eigenvalue weighted by Gasteiger charge is -2.08. The van der Waals surface area contributed by atoms with Crippen LogP contribution in [-0.2, 0) is 6.54 Å². The van der Waals surface area contributed by atoms with Crippen molar-refractivity contribution in [1.82, 2.24) is 4.98 Å². The van der Waals surface area contributed by atoms with Gasteiger partial charge in [-0.3, -0.25) is 0 Å². The Morgan fingerprint density at radius 3 is 2.45 bits per heavy atom. The molecule has 22 heavy (non-hydrogen) atoms. The highest BCUT2D eigenvalue weighted by atomic mass is 127. The zero-order valence-corrected chi connectivity index (χ0v) is 16.4. The number of thiazole rings is 1. The topological polar surface area (TPSA) is 66.5 Å². The monoisotopic (exact) mass is 431 g/mol. The largest absolute Gasteiger partial charge is 0.370 e. The average Bonchev–Trinajstić information content (AvgIpc) is 2.84. The lowest BCUT2D eigenvalue weighted by Crippen LogP contribution is -2.22. The van der Waals surface area contributed by atoms with Gasteiger partial charge in [0.05, 0.1) is 12.2 Å². The minimum absolute atomic E-state index is 0. The van der Waals surface area contributed by atoms with Gasteiger partial charge in [-0.15, -0.1) is 35.3 Å². The van der Waals surface area contributed by atoms with E-state index in [1.807, 2.05) is 36.5 Å². The van der Waals surface area contributed by atoms with Gasteiger partial charge in [0, 0.05) is 25.2 Å². The second-order valence-electron chi connectivity index (χ2n) is 5.22. The number of aromatic nitrogens is 1. The summed E-state index contributed by atoms with van der Waals surface area (Å²) in [5, 5.41) is 6.09. The molecular weight excluding hydrogens is 409 g/mol. The van der Waals surface area contributed by atoms with Crippen LogP contribution in [0.15, 0.2) is 28.6 Å². The Labute approximate surface area is 152 Å². The van der Waals surface area contributed by atoms with Crippen molar-refractivity contribution in [2.24, 2.45) is 10.7 Å². The molecule has 120 valence electrons. The second kappa shape index (κ2) is 8.33. The number of aryl methyl sites for hydroxylation is 2. The second-order valence-corrected chi connectivity index (χ2v) is 6.06. The smallest absolute Gasteiger partial charge is 0.193 e. The third-order valence-corrected chi connectivity index (χ3v) is 3.88. The van der Waals surface area contributed by atoms with Crippen LogP contribution in [0, 0.1) is 13.8 Å². The highest BCUT2D eigenvalue weighted by Crippen LogP contribution is 2.18. The quantitative estimate of drug-likeness (QED) is 0.443. The van der Waals surface area contributed by atoms with Crippen molar-refractivity contribution in [1.29, 1.82) is 0 Å². The number of anilines is 2. The summed E-state index contributed by atoms with van der Waals surface area (Å²) in [6.07, 6.45) is 0. The lowest BCUT2D eigenvalue weighted by atomic mass is 10.1. The molecule has 0 aliphatic carbocycles. The number of nitrogens with zero attached hydrogens (tertiary/aromatic N) is 3. The maximum atomic E-state index is 5.92. The van der Waals surface area contributed by atoms with Crippen molar-refractivity contribution < 1.29 is 0 Å². The van der Waals surface area contributed by atoms with E-state index >= 15 is 0 Å². The van der Waals surface area contributed by atoms with E-state index < -0.39 is 0 Å². The Morgan fingerprint density at radius 1 is 1.27 bits per heavy atom. The molecule has 1 heterocycles. The van der Waals surface area contributed by atoms with Crippen LogP contribution in [0.4, 0.5) is 10.8 Å². The van der Waals surface area contributed by atoms with E-state index in [2.05, 4.69) is 35.2 Å². The molecule has 1 aromatic heterocycles. The number of halogens is 1. The minimum Gasteiger partial charge on any atom is -0.370 e. The molecule has 0 saturated carbocycles. The van der Waals surface area contributed by atoms with Crippen LogP contribution in [0.2, 0.25) is 0 Å². The maximum Gasteiger partial charge on any atom is 0.193 e. The van der Waals surface area contributed by atoms with Crippen molar-refractivity contribution in [2.75, 3.05) is 24.3 Å². The van der Waals surface area contributed by atoms with Gasteiger partial charge in [0.25, 0.3) is 0 Å². The van der Waals surface area contributed by atoms with Crippen LogP contribution in [0.3, 0.4) is 0 Å². The lowest BCUT2D eigenvalue weighted by molar-refractivity contribution is 0.986. The number of hydrogen-bond donors (Lipinski definition) is 2. The Balaban J connectivity index is 0.00000242. The predicted octanol–water partition coefficient (Wildman–Crippen LogP) is 3.37. The fourth-order valence-corrected chi connectivity index (χ4v) is 2.72. The number of nitrogens with one attached hydrogen (secondary N) is 1. The van der Waals surface area contributed by atoms with Crippen molar-refractivity contribution in [2.45, 2.75) is 20.4 Å². The molecule has 2 rings (SSSR count). The summed E-state index contributed by atoms with van der Waals surface area (Å²) in [5.41, 5.74) is 10.2. The Morgan fingerprint density at radius 2 is 1.91 bits per heavy atom. The molecule has 3 N–H and O–H groups in total. The average molecular weight is 431 g/mol. The molecule has 7 heteroatoms. The first-order valence-corrected chi connectivity index (χ1v) is 7.59. The van der Waals surface area contributed by atoms with Crippen LogP contribution in [0.1, 0.15) is 16.8 Å². The van der Waals surface area contributed by atoms with Crippen LogP contribution >= 0.6 is 35.3 Å². The van der Waals surface area contributed by atoms with Gasteiger partial charge in [-0.05, 0) is 37.1 Å². The Bertz CT molecular complexity index is 631.